The molecule has 0 spiro atoms. The molecule has 0 saturated heterocycles. The van der Waals surface area contributed by atoms with Gasteiger partial charge in [0.1, 0.15) is 5.75 Å². The molecule has 0 radical (unpaired) electrons. The van der Waals surface area contributed by atoms with Gasteiger partial charge in [-0.1, -0.05) is 54.6 Å². The highest BCUT2D eigenvalue weighted by Gasteiger charge is 2.41. The summed E-state index contributed by atoms with van der Waals surface area (Å²) >= 11 is 0. The first-order valence-corrected chi connectivity index (χ1v) is 11.2. The Morgan fingerprint density at radius 1 is 0.640 bits per heavy atom. The minimum Gasteiger partial charge on any atom is -0.262 e. The molecule has 130 valence electrons. The summed E-state index contributed by atoms with van der Waals surface area (Å²) in [6.45, 7) is 1.63. The Labute approximate surface area is 150 Å². The SMILES string of the molecule is CCS(=O)(=O)[OH+]S(c1ccccc1)(c1ccccc1)c1ccccc1. The Morgan fingerprint density at radius 2 is 0.960 bits per heavy atom. The predicted octanol–water partition coefficient (Wildman–Crippen LogP) is 5.33. The molecular weight excluding hydrogens is 352 g/mol. The molecule has 0 bridgehead atoms. The number of rotatable bonds is 6. The van der Waals surface area contributed by atoms with Gasteiger partial charge in [0.05, 0.1) is 25.0 Å². The van der Waals surface area contributed by atoms with E-state index in [4.69, 9.17) is 0 Å². The lowest BCUT2D eigenvalue weighted by molar-refractivity contribution is 0.388. The second kappa shape index (κ2) is 7.44. The molecule has 3 aromatic rings. The van der Waals surface area contributed by atoms with Crippen LogP contribution in [0.1, 0.15) is 6.92 Å². The van der Waals surface area contributed by atoms with E-state index in [1.54, 1.807) is 6.92 Å². The maximum absolute atomic E-state index is 12.6. The van der Waals surface area contributed by atoms with Gasteiger partial charge in [-0.25, -0.2) is 0 Å². The van der Waals surface area contributed by atoms with E-state index in [0.29, 0.717) is 0 Å². The zero-order valence-corrected chi connectivity index (χ0v) is 15.6. The van der Waals surface area contributed by atoms with Crippen LogP contribution in [0.25, 0.3) is 0 Å². The molecule has 25 heavy (non-hydrogen) atoms. The zero-order chi connectivity index (χ0) is 17.8. The van der Waals surface area contributed by atoms with Gasteiger partial charge in [0.15, 0.2) is 0 Å². The summed E-state index contributed by atoms with van der Waals surface area (Å²) in [5.41, 5.74) is 0. The first-order chi connectivity index (χ1) is 12.1. The molecule has 0 fully saturated rings. The highest BCUT2D eigenvalue weighted by Crippen LogP contribution is 2.68. The van der Waals surface area contributed by atoms with Crippen molar-refractivity contribution >= 4 is 20.4 Å². The Hall–Kier alpha value is -2.08. The van der Waals surface area contributed by atoms with Crippen LogP contribution in [-0.2, 0) is 10.1 Å². The van der Waals surface area contributed by atoms with Crippen molar-refractivity contribution < 1.29 is 12.0 Å². The van der Waals surface area contributed by atoms with Crippen LogP contribution in [0, 0.1) is 0 Å². The van der Waals surface area contributed by atoms with Crippen LogP contribution in [0.5, 0.6) is 0 Å². The molecule has 0 heterocycles. The molecule has 0 unspecified atom stereocenters. The predicted molar refractivity (Wildman–Crippen MR) is 104 cm³/mol. The van der Waals surface area contributed by atoms with Gasteiger partial charge in [-0.2, -0.15) is 8.42 Å². The third-order valence-electron chi connectivity index (χ3n) is 3.84. The highest BCUT2D eigenvalue weighted by molar-refractivity contribution is 8.32. The standard InChI is InChI=1S/C20H20O3S2/c1-2-24(21,22)23-25(18-12-6-3-7-13-18,19-14-8-4-9-15-19)20-16-10-5-11-17-20/h3-17H,2H2,1H3/p+1. The van der Waals surface area contributed by atoms with Gasteiger partial charge in [-0.15, -0.1) is 0 Å². The smallest absolute Gasteiger partial charge is 0.262 e. The Balaban J connectivity index is 2.36. The van der Waals surface area contributed by atoms with E-state index in [0.717, 1.165) is 14.7 Å². The van der Waals surface area contributed by atoms with Crippen molar-refractivity contribution in [2.45, 2.75) is 21.6 Å². The summed E-state index contributed by atoms with van der Waals surface area (Å²) in [4.78, 5) is 2.72. The van der Waals surface area contributed by atoms with Gasteiger partial charge in [0, 0.05) is 0 Å². The fourth-order valence-electron chi connectivity index (χ4n) is 2.61. The van der Waals surface area contributed by atoms with E-state index in [9.17, 15) is 8.42 Å². The van der Waals surface area contributed by atoms with E-state index >= 15 is 0 Å². The first kappa shape index (κ1) is 17.7. The van der Waals surface area contributed by atoms with E-state index in [-0.39, 0.29) is 5.75 Å². The zero-order valence-electron chi connectivity index (χ0n) is 13.9. The molecule has 0 amide bonds. The molecule has 0 aliphatic heterocycles. The molecule has 3 nitrogen and oxygen atoms in total. The summed E-state index contributed by atoms with van der Waals surface area (Å²) in [5.74, 6) is -0.0196. The van der Waals surface area contributed by atoms with Gasteiger partial charge in [-0.3, -0.25) is 3.63 Å². The van der Waals surface area contributed by atoms with Crippen molar-refractivity contribution in [1.29, 1.82) is 0 Å². The third-order valence-corrected chi connectivity index (χ3v) is 9.24. The largest absolute Gasteiger partial charge is 0.390 e. The van der Waals surface area contributed by atoms with Crippen LogP contribution >= 0.6 is 10.3 Å². The van der Waals surface area contributed by atoms with Gasteiger partial charge in [0.25, 0.3) is 0 Å². The molecule has 5 heteroatoms. The van der Waals surface area contributed by atoms with Crippen molar-refractivity contribution in [2.75, 3.05) is 5.75 Å². The Bertz CT molecular complexity index is 812. The second-order valence-corrected chi connectivity index (χ2v) is 10.4. The van der Waals surface area contributed by atoms with Gasteiger partial charge < -0.3 is 0 Å². The topological polar surface area (TPSA) is 46.9 Å². The molecule has 0 saturated carbocycles. The van der Waals surface area contributed by atoms with Crippen molar-refractivity contribution in [3.8, 4) is 0 Å². The third kappa shape index (κ3) is 3.63. The van der Waals surface area contributed by atoms with Crippen LogP contribution < -0.4 is 0 Å². The van der Waals surface area contributed by atoms with Crippen LogP contribution in [0.15, 0.2) is 106 Å². The molecule has 0 aliphatic carbocycles. The van der Waals surface area contributed by atoms with Crippen LogP contribution in [0.3, 0.4) is 0 Å². The minimum atomic E-state index is -3.56. The molecule has 0 aromatic heterocycles. The maximum Gasteiger partial charge on any atom is 0.390 e. The fraction of sp³-hybridized carbons (Fsp3) is 0.100. The number of benzene rings is 3. The Morgan fingerprint density at radius 3 is 1.24 bits per heavy atom. The average molecular weight is 374 g/mol. The lowest BCUT2D eigenvalue weighted by Gasteiger charge is -2.34. The van der Waals surface area contributed by atoms with E-state index < -0.39 is 20.4 Å². The van der Waals surface area contributed by atoms with Gasteiger partial charge >= 0.3 is 10.1 Å². The quantitative estimate of drug-likeness (QED) is 0.433. The first-order valence-electron chi connectivity index (χ1n) is 8.04. The summed E-state index contributed by atoms with van der Waals surface area (Å²) < 4.78 is 29.7. The molecule has 3 rings (SSSR count). The van der Waals surface area contributed by atoms with E-state index in [2.05, 4.69) is 3.63 Å². The normalized spacial score (nSPS) is 12.7. The number of hydrogen-bond acceptors (Lipinski definition) is 2. The van der Waals surface area contributed by atoms with E-state index in [1.807, 2.05) is 91.0 Å². The van der Waals surface area contributed by atoms with Crippen LogP contribution in [-0.4, -0.2) is 17.8 Å². The number of hydrogen-bond donors (Lipinski definition) is 0. The monoisotopic (exact) mass is 373 g/mol. The summed E-state index contributed by atoms with van der Waals surface area (Å²) in [6.07, 6.45) is 0. The Kier molecular flexibility index (Phi) is 5.27. The van der Waals surface area contributed by atoms with Crippen molar-refractivity contribution in [1.82, 2.24) is 0 Å². The van der Waals surface area contributed by atoms with Crippen LogP contribution in [0.2, 0.25) is 0 Å². The average Bonchev–Trinajstić information content (AvgIpc) is 2.68. The maximum atomic E-state index is 12.6. The molecule has 3 aromatic carbocycles. The van der Waals surface area contributed by atoms with Crippen molar-refractivity contribution in [3.05, 3.63) is 91.0 Å². The fourth-order valence-corrected chi connectivity index (χ4v) is 7.90. The second-order valence-electron chi connectivity index (χ2n) is 5.46. The summed E-state index contributed by atoms with van der Waals surface area (Å²) in [7, 11) is -5.82. The lowest BCUT2D eigenvalue weighted by atomic mass is 10.4. The van der Waals surface area contributed by atoms with Gasteiger partial charge in [-0.05, 0) is 43.3 Å². The molecule has 0 atom stereocenters. The van der Waals surface area contributed by atoms with Crippen LogP contribution in [0.4, 0.5) is 0 Å². The lowest BCUT2D eigenvalue weighted by Crippen LogP contribution is -2.19. The molecular formula is C20H21O3S2+. The van der Waals surface area contributed by atoms with Crippen molar-refractivity contribution in [2.24, 2.45) is 0 Å². The van der Waals surface area contributed by atoms with E-state index in [1.165, 1.54) is 0 Å². The molecule has 1 N–H and O–H groups in total. The highest BCUT2D eigenvalue weighted by atomic mass is 32.3. The van der Waals surface area contributed by atoms with Gasteiger partial charge in [0.2, 0.25) is 0 Å². The van der Waals surface area contributed by atoms with Crippen molar-refractivity contribution in [3.63, 3.8) is 0 Å². The minimum absolute atomic E-state index is 0.0196. The molecule has 0 aliphatic rings. The summed E-state index contributed by atoms with van der Waals surface area (Å²) in [5, 5.41) is 0. The summed E-state index contributed by atoms with van der Waals surface area (Å²) in [6, 6.07) is 29.1.